The number of rotatable bonds is 4. The maximum atomic E-state index is 11.8. The summed E-state index contributed by atoms with van der Waals surface area (Å²) in [5.41, 5.74) is 3.99. The molecule has 0 fully saturated rings. The van der Waals surface area contributed by atoms with E-state index in [-0.39, 0.29) is 0 Å². The Labute approximate surface area is 145 Å². The molecule has 0 aliphatic heterocycles. The van der Waals surface area contributed by atoms with Crippen LogP contribution in [0.2, 0.25) is 5.02 Å². The number of thiophene rings is 1. The van der Waals surface area contributed by atoms with Crippen LogP contribution in [0.5, 0.6) is 0 Å². The molecule has 3 rings (SSSR count). The fraction of sp³-hybridized carbons (Fsp3) is 0.150. The molecular formula is C20H17ClOS. The Morgan fingerprint density at radius 1 is 0.957 bits per heavy atom. The molecule has 0 radical (unpaired) electrons. The highest BCUT2D eigenvalue weighted by Gasteiger charge is 2.21. The fourth-order valence-corrected chi connectivity index (χ4v) is 4.13. The van der Waals surface area contributed by atoms with Crippen molar-refractivity contribution < 1.29 is 4.79 Å². The lowest BCUT2D eigenvalue weighted by atomic mass is 9.96. The SMILES string of the molecule is CC(C)c1sc(-c2ccc(Cl)cc2)c(-c2ccccc2)c1C=O. The third kappa shape index (κ3) is 3.10. The molecule has 116 valence electrons. The van der Waals surface area contributed by atoms with Crippen LogP contribution in [0.1, 0.15) is 35.0 Å². The molecule has 0 unspecified atom stereocenters. The van der Waals surface area contributed by atoms with Gasteiger partial charge in [0.1, 0.15) is 0 Å². The third-order valence-corrected chi connectivity index (χ3v) is 5.59. The van der Waals surface area contributed by atoms with Crippen LogP contribution in [0.4, 0.5) is 0 Å². The molecule has 0 atom stereocenters. The first kappa shape index (κ1) is 16.0. The summed E-state index contributed by atoms with van der Waals surface area (Å²) in [6.45, 7) is 4.25. The Kier molecular flexibility index (Phi) is 4.65. The average Bonchev–Trinajstić information content (AvgIpc) is 2.96. The molecule has 1 nitrogen and oxygen atoms in total. The van der Waals surface area contributed by atoms with Gasteiger partial charge in [-0.2, -0.15) is 0 Å². The zero-order chi connectivity index (χ0) is 16.4. The van der Waals surface area contributed by atoms with E-state index in [0.29, 0.717) is 10.9 Å². The molecule has 0 saturated carbocycles. The third-order valence-electron chi connectivity index (χ3n) is 3.78. The van der Waals surface area contributed by atoms with Crippen molar-refractivity contribution in [3.8, 4) is 21.6 Å². The van der Waals surface area contributed by atoms with Crippen molar-refractivity contribution in [2.75, 3.05) is 0 Å². The number of benzene rings is 2. The molecule has 1 aromatic heterocycles. The highest BCUT2D eigenvalue weighted by Crippen LogP contribution is 2.45. The molecule has 0 amide bonds. The lowest BCUT2D eigenvalue weighted by Crippen LogP contribution is -1.91. The molecule has 23 heavy (non-hydrogen) atoms. The van der Waals surface area contributed by atoms with E-state index in [1.165, 1.54) is 0 Å². The monoisotopic (exact) mass is 340 g/mol. The van der Waals surface area contributed by atoms with Crippen molar-refractivity contribution in [2.24, 2.45) is 0 Å². The van der Waals surface area contributed by atoms with E-state index in [4.69, 9.17) is 11.6 Å². The van der Waals surface area contributed by atoms with Gasteiger partial charge in [-0.3, -0.25) is 4.79 Å². The summed E-state index contributed by atoms with van der Waals surface area (Å²) in [7, 11) is 0. The molecule has 3 aromatic rings. The highest BCUT2D eigenvalue weighted by atomic mass is 35.5. The molecule has 0 bridgehead atoms. The lowest BCUT2D eigenvalue weighted by molar-refractivity contribution is 0.112. The first-order valence-corrected chi connectivity index (χ1v) is 8.74. The second-order valence-corrected chi connectivity index (χ2v) is 7.22. The first-order valence-electron chi connectivity index (χ1n) is 7.55. The van der Waals surface area contributed by atoms with Crippen LogP contribution in [-0.4, -0.2) is 6.29 Å². The smallest absolute Gasteiger partial charge is 0.151 e. The van der Waals surface area contributed by atoms with Crippen LogP contribution in [0.3, 0.4) is 0 Å². The average molecular weight is 341 g/mol. The van der Waals surface area contributed by atoms with Gasteiger partial charge < -0.3 is 0 Å². The van der Waals surface area contributed by atoms with E-state index in [0.717, 1.165) is 38.3 Å². The van der Waals surface area contributed by atoms with Crippen molar-refractivity contribution >= 4 is 29.2 Å². The maximum Gasteiger partial charge on any atom is 0.151 e. The van der Waals surface area contributed by atoms with Crippen molar-refractivity contribution in [2.45, 2.75) is 19.8 Å². The second kappa shape index (κ2) is 6.69. The highest BCUT2D eigenvalue weighted by molar-refractivity contribution is 7.16. The van der Waals surface area contributed by atoms with Gasteiger partial charge in [-0.1, -0.05) is 67.9 Å². The summed E-state index contributed by atoms with van der Waals surface area (Å²) >= 11 is 7.72. The van der Waals surface area contributed by atoms with E-state index in [1.54, 1.807) is 11.3 Å². The molecule has 0 N–H and O–H groups in total. The molecule has 3 heteroatoms. The quantitative estimate of drug-likeness (QED) is 0.484. The minimum absolute atomic E-state index is 0.309. The standard InChI is InChI=1S/C20H17ClOS/c1-13(2)19-17(12-22)18(14-6-4-3-5-7-14)20(23-19)15-8-10-16(21)11-9-15/h3-13H,1-2H3. The number of halogens is 1. The number of carbonyl (C=O) groups excluding carboxylic acids is 1. The van der Waals surface area contributed by atoms with Gasteiger partial charge in [0.05, 0.1) is 0 Å². The lowest BCUT2D eigenvalue weighted by Gasteiger charge is -2.06. The van der Waals surface area contributed by atoms with E-state index in [2.05, 4.69) is 26.0 Å². The molecule has 0 saturated heterocycles. The summed E-state index contributed by atoms with van der Waals surface area (Å²) in [5, 5.41) is 0.714. The van der Waals surface area contributed by atoms with Gasteiger partial charge in [0.15, 0.2) is 6.29 Å². The van der Waals surface area contributed by atoms with Crippen molar-refractivity contribution in [3.05, 3.63) is 70.1 Å². The first-order chi connectivity index (χ1) is 11.1. The van der Waals surface area contributed by atoms with Crippen LogP contribution in [-0.2, 0) is 0 Å². The van der Waals surface area contributed by atoms with Crippen LogP contribution in [0.15, 0.2) is 54.6 Å². The van der Waals surface area contributed by atoms with Gasteiger partial charge in [0.2, 0.25) is 0 Å². The van der Waals surface area contributed by atoms with Gasteiger partial charge in [0.25, 0.3) is 0 Å². The van der Waals surface area contributed by atoms with E-state index >= 15 is 0 Å². The number of carbonyl (C=O) groups is 1. The number of hydrogen-bond donors (Lipinski definition) is 0. The molecule has 1 heterocycles. The molecule has 0 aliphatic carbocycles. The van der Waals surface area contributed by atoms with E-state index in [9.17, 15) is 4.79 Å². The van der Waals surface area contributed by atoms with Crippen molar-refractivity contribution in [3.63, 3.8) is 0 Å². The molecule has 0 aliphatic rings. The summed E-state index contributed by atoms with van der Waals surface area (Å²) in [6, 6.07) is 17.9. The zero-order valence-electron chi connectivity index (χ0n) is 13.0. The Bertz CT molecular complexity index is 817. The van der Waals surface area contributed by atoms with Gasteiger partial charge in [-0.05, 0) is 29.2 Å². The van der Waals surface area contributed by atoms with Crippen LogP contribution in [0, 0.1) is 0 Å². The van der Waals surface area contributed by atoms with Crippen LogP contribution in [0.25, 0.3) is 21.6 Å². The Morgan fingerprint density at radius 3 is 2.17 bits per heavy atom. The maximum absolute atomic E-state index is 11.8. The summed E-state index contributed by atoms with van der Waals surface area (Å²) < 4.78 is 0. The zero-order valence-corrected chi connectivity index (χ0v) is 14.6. The van der Waals surface area contributed by atoms with Crippen LogP contribution >= 0.6 is 22.9 Å². The summed E-state index contributed by atoms with van der Waals surface area (Å²) in [4.78, 5) is 14.1. The Morgan fingerprint density at radius 2 is 1.61 bits per heavy atom. The Balaban J connectivity index is 2.30. The van der Waals surface area contributed by atoms with Gasteiger partial charge >= 0.3 is 0 Å². The molecule has 2 aromatic carbocycles. The predicted molar refractivity (Wildman–Crippen MR) is 99.7 cm³/mol. The predicted octanol–water partition coefficient (Wildman–Crippen LogP) is 6.67. The topological polar surface area (TPSA) is 17.1 Å². The van der Waals surface area contributed by atoms with Crippen LogP contribution < -0.4 is 0 Å². The molecule has 0 spiro atoms. The van der Waals surface area contributed by atoms with E-state index < -0.39 is 0 Å². The second-order valence-electron chi connectivity index (χ2n) is 5.73. The van der Waals surface area contributed by atoms with Crippen molar-refractivity contribution in [1.29, 1.82) is 0 Å². The normalized spacial score (nSPS) is 11.0. The van der Waals surface area contributed by atoms with E-state index in [1.807, 2.05) is 42.5 Å². The minimum atomic E-state index is 0.309. The number of hydrogen-bond acceptors (Lipinski definition) is 2. The Hall–Kier alpha value is -1.90. The molecular weight excluding hydrogens is 324 g/mol. The van der Waals surface area contributed by atoms with Crippen molar-refractivity contribution in [1.82, 2.24) is 0 Å². The van der Waals surface area contributed by atoms with Gasteiger partial charge in [0, 0.05) is 25.9 Å². The van der Waals surface area contributed by atoms with Gasteiger partial charge in [-0.15, -0.1) is 11.3 Å². The minimum Gasteiger partial charge on any atom is -0.298 e. The summed E-state index contributed by atoms with van der Waals surface area (Å²) in [6.07, 6.45) is 0.994. The fourth-order valence-electron chi connectivity index (χ4n) is 2.70. The summed E-state index contributed by atoms with van der Waals surface area (Å²) in [5.74, 6) is 0.309. The van der Waals surface area contributed by atoms with Gasteiger partial charge in [-0.25, -0.2) is 0 Å². The number of aldehydes is 1. The largest absolute Gasteiger partial charge is 0.298 e.